The van der Waals surface area contributed by atoms with E-state index in [0.717, 1.165) is 0 Å². The molecule has 1 aliphatic heterocycles. The molecule has 2 aromatic rings. The van der Waals surface area contributed by atoms with E-state index in [1.807, 2.05) is 4.90 Å². The Bertz CT molecular complexity index is 845. The van der Waals surface area contributed by atoms with Gasteiger partial charge in [-0.25, -0.2) is 4.79 Å². The molecule has 3 rings (SSSR count). The van der Waals surface area contributed by atoms with Crippen LogP contribution in [0.25, 0.3) is 0 Å². The van der Waals surface area contributed by atoms with E-state index in [-0.39, 0.29) is 17.7 Å². The number of halogens is 2. The number of hydrogen-bond donors (Lipinski definition) is 3. The third-order valence-electron chi connectivity index (χ3n) is 4.36. The van der Waals surface area contributed by atoms with Crippen molar-refractivity contribution in [3.05, 3.63) is 54.1 Å². The third-order valence-corrected chi connectivity index (χ3v) is 4.36. The van der Waals surface area contributed by atoms with Crippen LogP contribution in [0, 0.1) is 0 Å². The first kappa shape index (κ1) is 19.4. The average molecular weight is 390 g/mol. The molecule has 4 N–H and O–H groups in total. The molecule has 148 valence electrons. The molecule has 1 unspecified atom stereocenters. The maximum atomic E-state index is 12.6. The summed E-state index contributed by atoms with van der Waals surface area (Å²) in [7, 11) is 0. The third kappa shape index (κ3) is 4.87. The average Bonchev–Trinajstić information content (AvgIpc) is 3.10. The van der Waals surface area contributed by atoms with Crippen LogP contribution >= 0.6 is 0 Å². The quantitative estimate of drug-likeness (QED) is 0.707. The van der Waals surface area contributed by atoms with E-state index in [1.54, 1.807) is 42.5 Å². The van der Waals surface area contributed by atoms with Crippen LogP contribution in [0.1, 0.15) is 16.8 Å². The second-order valence-corrected chi connectivity index (χ2v) is 6.32. The topological polar surface area (TPSA) is 96.7 Å². The number of benzene rings is 2. The number of primary amides is 1. The van der Waals surface area contributed by atoms with Crippen molar-refractivity contribution in [2.24, 2.45) is 5.73 Å². The van der Waals surface area contributed by atoms with E-state index in [2.05, 4.69) is 15.4 Å². The highest BCUT2D eigenvalue weighted by molar-refractivity contribution is 5.95. The van der Waals surface area contributed by atoms with E-state index >= 15 is 0 Å². The number of amides is 3. The Morgan fingerprint density at radius 1 is 1.14 bits per heavy atom. The van der Waals surface area contributed by atoms with E-state index in [1.165, 1.54) is 6.07 Å². The van der Waals surface area contributed by atoms with Crippen LogP contribution in [0.4, 0.5) is 25.0 Å². The van der Waals surface area contributed by atoms with Crippen molar-refractivity contribution < 1.29 is 23.1 Å². The van der Waals surface area contributed by atoms with Gasteiger partial charge in [-0.15, -0.1) is 0 Å². The Morgan fingerprint density at radius 3 is 2.54 bits per heavy atom. The van der Waals surface area contributed by atoms with E-state index in [0.29, 0.717) is 36.4 Å². The molecule has 1 fully saturated rings. The van der Waals surface area contributed by atoms with Crippen LogP contribution in [-0.2, 0) is 0 Å². The van der Waals surface area contributed by atoms with Gasteiger partial charge in [0.2, 0.25) is 0 Å². The molecule has 3 amide bonds. The fourth-order valence-electron chi connectivity index (χ4n) is 3.13. The summed E-state index contributed by atoms with van der Waals surface area (Å²) in [5, 5.41) is 5.36. The second-order valence-electron chi connectivity index (χ2n) is 6.32. The predicted octanol–water partition coefficient (Wildman–Crippen LogP) is 2.79. The molecule has 1 heterocycles. The van der Waals surface area contributed by atoms with E-state index < -0.39 is 12.6 Å². The fourth-order valence-corrected chi connectivity index (χ4v) is 3.13. The van der Waals surface area contributed by atoms with Crippen molar-refractivity contribution in [3.63, 3.8) is 0 Å². The van der Waals surface area contributed by atoms with Crippen LogP contribution < -0.4 is 26.0 Å². The highest BCUT2D eigenvalue weighted by Gasteiger charge is 2.26. The van der Waals surface area contributed by atoms with Gasteiger partial charge in [0, 0.05) is 30.4 Å². The van der Waals surface area contributed by atoms with Gasteiger partial charge in [0.25, 0.3) is 5.91 Å². The number of hydrogen-bond acceptors (Lipinski definition) is 4. The van der Waals surface area contributed by atoms with E-state index in [9.17, 15) is 18.4 Å². The molecule has 7 nitrogen and oxygen atoms in total. The molecular weight excluding hydrogens is 370 g/mol. The highest BCUT2D eigenvalue weighted by atomic mass is 19.3. The molecular formula is C19H20F2N4O3. The molecule has 0 saturated carbocycles. The number of carbonyl (C=O) groups is 2. The monoisotopic (exact) mass is 390 g/mol. The first-order valence-corrected chi connectivity index (χ1v) is 8.68. The number of ether oxygens (including phenoxy) is 1. The summed E-state index contributed by atoms with van der Waals surface area (Å²) < 4.78 is 29.8. The molecule has 0 bridgehead atoms. The van der Waals surface area contributed by atoms with Crippen molar-refractivity contribution in [1.82, 2.24) is 5.32 Å². The number of nitrogens with two attached hydrogens (primary N) is 1. The van der Waals surface area contributed by atoms with Gasteiger partial charge in [-0.1, -0.05) is 12.1 Å². The summed E-state index contributed by atoms with van der Waals surface area (Å²) >= 11 is 0. The van der Waals surface area contributed by atoms with Gasteiger partial charge in [-0.2, -0.15) is 8.78 Å². The number of alkyl halides is 2. The molecule has 0 spiro atoms. The zero-order valence-electron chi connectivity index (χ0n) is 14.9. The van der Waals surface area contributed by atoms with Crippen LogP contribution in [0.15, 0.2) is 48.5 Å². The highest BCUT2D eigenvalue weighted by Crippen LogP contribution is 2.31. The number of urea groups is 1. The summed E-state index contributed by atoms with van der Waals surface area (Å²) in [6.45, 7) is -1.81. The molecule has 1 saturated heterocycles. The molecule has 9 heteroatoms. The second kappa shape index (κ2) is 8.55. The summed E-state index contributed by atoms with van der Waals surface area (Å²) in [6.07, 6.45) is 0.677. The largest absolute Gasteiger partial charge is 0.433 e. The summed E-state index contributed by atoms with van der Waals surface area (Å²) in [5.74, 6) is -0.142. The Labute approximate surface area is 160 Å². The van der Waals surface area contributed by atoms with Gasteiger partial charge in [-0.05, 0) is 42.8 Å². The van der Waals surface area contributed by atoms with E-state index in [4.69, 9.17) is 5.73 Å². The van der Waals surface area contributed by atoms with Crippen LogP contribution in [0.2, 0.25) is 0 Å². The van der Waals surface area contributed by atoms with Crippen molar-refractivity contribution in [2.45, 2.75) is 19.1 Å². The normalized spacial score (nSPS) is 16.1. The summed E-state index contributed by atoms with van der Waals surface area (Å²) in [5.41, 5.74) is 6.55. The molecule has 2 aromatic carbocycles. The number of nitrogens with one attached hydrogen (secondary N) is 2. The SMILES string of the molecule is NC(=O)Nc1ccc(C(=O)NC2CCN(c3ccccc3OC(F)F)C2)cc1. The maximum absolute atomic E-state index is 12.6. The summed E-state index contributed by atoms with van der Waals surface area (Å²) in [4.78, 5) is 25.2. The van der Waals surface area contributed by atoms with Crippen LogP contribution in [-0.4, -0.2) is 37.7 Å². The molecule has 1 atom stereocenters. The van der Waals surface area contributed by atoms with Crippen LogP contribution in [0.3, 0.4) is 0 Å². The van der Waals surface area contributed by atoms with Gasteiger partial charge >= 0.3 is 12.6 Å². The molecule has 1 aliphatic rings. The Kier molecular flexibility index (Phi) is 5.93. The molecule has 0 aromatic heterocycles. The smallest absolute Gasteiger partial charge is 0.387 e. The standard InChI is InChI=1S/C19H20F2N4O3/c20-18(21)28-16-4-2-1-3-15(16)25-10-9-14(11-25)23-17(26)12-5-7-13(8-6-12)24-19(22)27/h1-8,14,18H,9-11H2,(H,23,26)(H3,22,24,27). The van der Waals surface area contributed by atoms with Gasteiger partial charge < -0.3 is 26.0 Å². The minimum atomic E-state index is -2.90. The lowest BCUT2D eigenvalue weighted by Crippen LogP contribution is -2.37. The molecule has 0 aliphatic carbocycles. The van der Waals surface area contributed by atoms with Gasteiger partial charge in [-0.3, -0.25) is 4.79 Å². The Morgan fingerprint density at radius 2 is 1.86 bits per heavy atom. The minimum Gasteiger partial charge on any atom is -0.433 e. The van der Waals surface area contributed by atoms with Gasteiger partial charge in [0.1, 0.15) is 5.75 Å². The number of rotatable bonds is 6. The number of para-hydroxylation sites is 2. The van der Waals surface area contributed by atoms with Crippen molar-refractivity contribution in [3.8, 4) is 5.75 Å². The number of anilines is 2. The van der Waals surface area contributed by atoms with Crippen molar-refractivity contribution in [1.29, 1.82) is 0 Å². The Balaban J connectivity index is 1.60. The molecule has 0 radical (unpaired) electrons. The fraction of sp³-hybridized carbons (Fsp3) is 0.263. The maximum Gasteiger partial charge on any atom is 0.387 e. The van der Waals surface area contributed by atoms with Gasteiger partial charge in [0.05, 0.1) is 5.69 Å². The van der Waals surface area contributed by atoms with Crippen LogP contribution in [0.5, 0.6) is 5.75 Å². The lowest BCUT2D eigenvalue weighted by molar-refractivity contribution is -0.0495. The Hall–Kier alpha value is -3.36. The van der Waals surface area contributed by atoms with Gasteiger partial charge in [0.15, 0.2) is 0 Å². The predicted molar refractivity (Wildman–Crippen MR) is 101 cm³/mol. The van der Waals surface area contributed by atoms with Crippen molar-refractivity contribution in [2.75, 3.05) is 23.3 Å². The summed E-state index contributed by atoms with van der Waals surface area (Å²) in [6, 6.07) is 12.1. The number of carbonyl (C=O) groups excluding carboxylic acids is 2. The minimum absolute atomic E-state index is 0.113. The zero-order valence-corrected chi connectivity index (χ0v) is 14.9. The lowest BCUT2D eigenvalue weighted by Gasteiger charge is -2.22. The first-order valence-electron chi connectivity index (χ1n) is 8.68. The van der Waals surface area contributed by atoms with Crippen molar-refractivity contribution >= 4 is 23.3 Å². The number of nitrogens with zero attached hydrogens (tertiary/aromatic N) is 1. The zero-order chi connectivity index (χ0) is 20.1. The molecule has 28 heavy (non-hydrogen) atoms. The first-order chi connectivity index (χ1) is 13.4. The lowest BCUT2D eigenvalue weighted by atomic mass is 10.1.